The van der Waals surface area contributed by atoms with E-state index in [2.05, 4.69) is 17.1 Å². The lowest BCUT2D eigenvalue weighted by Crippen LogP contribution is -2.43. The number of hydrogen-bond acceptors (Lipinski definition) is 4. The lowest BCUT2D eigenvalue weighted by atomic mass is 10.1. The van der Waals surface area contributed by atoms with Crippen LogP contribution in [0.5, 0.6) is 0 Å². The molecule has 1 aliphatic rings. The second-order valence-corrected chi connectivity index (χ2v) is 5.19. The monoisotopic (exact) mass is 271 g/mol. The molecule has 1 amide bonds. The standard InChI is InChI=1S/C14H29N3O2/c1-2-3-8-16-14(18)12-17-9-5-13(6-10-17)19-11-4-7-15/h13H,2-12,15H2,1H3,(H,16,18). The number of unbranched alkanes of at least 4 members (excludes halogenated alkanes) is 1. The summed E-state index contributed by atoms with van der Waals surface area (Å²) in [6.07, 6.45) is 5.50. The number of piperidine rings is 1. The van der Waals surface area contributed by atoms with Crippen LogP contribution < -0.4 is 11.1 Å². The van der Waals surface area contributed by atoms with E-state index in [0.717, 1.165) is 58.3 Å². The third kappa shape index (κ3) is 7.50. The van der Waals surface area contributed by atoms with Crippen LogP contribution in [0.4, 0.5) is 0 Å². The van der Waals surface area contributed by atoms with E-state index in [1.807, 2.05) is 0 Å². The summed E-state index contributed by atoms with van der Waals surface area (Å²) in [4.78, 5) is 13.9. The molecule has 0 aliphatic carbocycles. The number of likely N-dealkylation sites (tertiary alicyclic amines) is 1. The third-order valence-electron chi connectivity index (χ3n) is 3.46. The minimum atomic E-state index is 0.149. The summed E-state index contributed by atoms with van der Waals surface area (Å²) in [5.41, 5.74) is 5.44. The number of nitrogens with two attached hydrogens (primary N) is 1. The normalized spacial score (nSPS) is 17.6. The van der Waals surface area contributed by atoms with Gasteiger partial charge in [0.2, 0.25) is 5.91 Å². The predicted octanol–water partition coefficient (Wildman–Crippen LogP) is 0.733. The van der Waals surface area contributed by atoms with E-state index < -0.39 is 0 Å². The van der Waals surface area contributed by atoms with Crippen LogP contribution in [0.3, 0.4) is 0 Å². The number of amides is 1. The molecule has 1 fully saturated rings. The molecule has 0 atom stereocenters. The summed E-state index contributed by atoms with van der Waals surface area (Å²) in [5, 5.41) is 2.96. The Morgan fingerprint density at radius 2 is 2.11 bits per heavy atom. The largest absolute Gasteiger partial charge is 0.378 e. The van der Waals surface area contributed by atoms with E-state index in [1.54, 1.807) is 0 Å². The van der Waals surface area contributed by atoms with Crippen molar-refractivity contribution >= 4 is 5.91 Å². The van der Waals surface area contributed by atoms with Crippen molar-refractivity contribution in [3.05, 3.63) is 0 Å². The van der Waals surface area contributed by atoms with E-state index in [4.69, 9.17) is 10.5 Å². The number of carbonyl (C=O) groups is 1. The van der Waals surface area contributed by atoms with Gasteiger partial charge in [-0.25, -0.2) is 0 Å². The molecule has 0 aromatic carbocycles. The highest BCUT2D eigenvalue weighted by Gasteiger charge is 2.20. The van der Waals surface area contributed by atoms with Gasteiger partial charge < -0.3 is 15.8 Å². The first kappa shape index (κ1) is 16.4. The van der Waals surface area contributed by atoms with Crippen molar-refractivity contribution in [1.29, 1.82) is 0 Å². The summed E-state index contributed by atoms with van der Waals surface area (Å²) in [6.45, 7) is 6.81. The number of nitrogens with one attached hydrogen (secondary N) is 1. The summed E-state index contributed by atoms with van der Waals surface area (Å²) in [7, 11) is 0. The van der Waals surface area contributed by atoms with Gasteiger partial charge in [0.15, 0.2) is 0 Å². The van der Waals surface area contributed by atoms with Crippen LogP contribution in [0.25, 0.3) is 0 Å². The smallest absolute Gasteiger partial charge is 0.234 e. The van der Waals surface area contributed by atoms with Crippen molar-refractivity contribution < 1.29 is 9.53 Å². The Bertz CT molecular complexity index is 241. The molecule has 19 heavy (non-hydrogen) atoms. The molecule has 5 heteroatoms. The first-order chi connectivity index (χ1) is 9.26. The van der Waals surface area contributed by atoms with Crippen LogP contribution in [-0.2, 0) is 9.53 Å². The maximum absolute atomic E-state index is 11.7. The van der Waals surface area contributed by atoms with Crippen LogP contribution in [0.2, 0.25) is 0 Å². The molecule has 0 unspecified atom stereocenters. The minimum Gasteiger partial charge on any atom is -0.378 e. The number of carbonyl (C=O) groups excluding carboxylic acids is 1. The van der Waals surface area contributed by atoms with Gasteiger partial charge in [-0.15, -0.1) is 0 Å². The van der Waals surface area contributed by atoms with Crippen LogP contribution in [0.1, 0.15) is 39.0 Å². The van der Waals surface area contributed by atoms with Gasteiger partial charge in [0.1, 0.15) is 0 Å². The van der Waals surface area contributed by atoms with Gasteiger partial charge in [-0.05, 0) is 32.2 Å². The lowest BCUT2D eigenvalue weighted by molar-refractivity contribution is -0.123. The second kappa shape index (κ2) is 10.2. The predicted molar refractivity (Wildman–Crippen MR) is 77.0 cm³/mol. The number of ether oxygens (including phenoxy) is 1. The number of nitrogens with zero attached hydrogens (tertiary/aromatic N) is 1. The van der Waals surface area contributed by atoms with Gasteiger partial charge in [-0.2, -0.15) is 0 Å². The van der Waals surface area contributed by atoms with Gasteiger partial charge in [0, 0.05) is 26.2 Å². The average molecular weight is 271 g/mol. The fraction of sp³-hybridized carbons (Fsp3) is 0.929. The van der Waals surface area contributed by atoms with Gasteiger partial charge in [0.05, 0.1) is 12.6 Å². The Labute approximate surface area is 116 Å². The molecule has 112 valence electrons. The number of hydrogen-bond donors (Lipinski definition) is 2. The molecule has 0 aromatic rings. The van der Waals surface area contributed by atoms with Crippen molar-refractivity contribution in [3.63, 3.8) is 0 Å². The molecule has 0 bridgehead atoms. The highest BCUT2D eigenvalue weighted by atomic mass is 16.5. The van der Waals surface area contributed by atoms with E-state index in [1.165, 1.54) is 0 Å². The van der Waals surface area contributed by atoms with E-state index in [0.29, 0.717) is 19.2 Å². The molecular formula is C14H29N3O2. The summed E-state index contributed by atoms with van der Waals surface area (Å²) < 4.78 is 5.75. The molecule has 5 nitrogen and oxygen atoms in total. The SMILES string of the molecule is CCCCNC(=O)CN1CCC(OCCCN)CC1. The third-order valence-corrected chi connectivity index (χ3v) is 3.46. The van der Waals surface area contributed by atoms with Crippen molar-refractivity contribution in [3.8, 4) is 0 Å². The van der Waals surface area contributed by atoms with Crippen molar-refractivity contribution in [1.82, 2.24) is 10.2 Å². The molecule has 1 aliphatic heterocycles. The molecule has 3 N–H and O–H groups in total. The maximum Gasteiger partial charge on any atom is 0.234 e. The average Bonchev–Trinajstić information content (AvgIpc) is 2.41. The van der Waals surface area contributed by atoms with Crippen LogP contribution in [0.15, 0.2) is 0 Å². The van der Waals surface area contributed by atoms with Crippen molar-refractivity contribution in [2.24, 2.45) is 5.73 Å². The molecular weight excluding hydrogens is 242 g/mol. The Balaban J connectivity index is 2.07. The lowest BCUT2D eigenvalue weighted by Gasteiger charge is -2.31. The zero-order valence-corrected chi connectivity index (χ0v) is 12.2. The molecule has 0 spiro atoms. The second-order valence-electron chi connectivity index (χ2n) is 5.19. The fourth-order valence-electron chi connectivity index (χ4n) is 2.23. The molecule has 0 aromatic heterocycles. The number of rotatable bonds is 9. The summed E-state index contributed by atoms with van der Waals surface area (Å²) in [6, 6.07) is 0. The zero-order valence-electron chi connectivity index (χ0n) is 12.2. The Morgan fingerprint density at radius 1 is 1.37 bits per heavy atom. The quantitative estimate of drug-likeness (QED) is 0.607. The van der Waals surface area contributed by atoms with Crippen molar-refractivity contribution in [2.75, 3.05) is 39.3 Å². The molecule has 1 rings (SSSR count). The maximum atomic E-state index is 11.7. The van der Waals surface area contributed by atoms with E-state index >= 15 is 0 Å². The zero-order chi connectivity index (χ0) is 13.9. The van der Waals surface area contributed by atoms with Crippen LogP contribution >= 0.6 is 0 Å². The van der Waals surface area contributed by atoms with E-state index in [-0.39, 0.29) is 5.91 Å². The summed E-state index contributed by atoms with van der Waals surface area (Å²) in [5.74, 6) is 0.149. The van der Waals surface area contributed by atoms with Crippen molar-refractivity contribution in [2.45, 2.75) is 45.1 Å². The van der Waals surface area contributed by atoms with Gasteiger partial charge in [-0.1, -0.05) is 13.3 Å². The topological polar surface area (TPSA) is 67.6 Å². The molecule has 0 saturated carbocycles. The molecule has 1 saturated heterocycles. The fourth-order valence-corrected chi connectivity index (χ4v) is 2.23. The highest BCUT2D eigenvalue weighted by molar-refractivity contribution is 5.77. The molecule has 0 radical (unpaired) electrons. The van der Waals surface area contributed by atoms with Gasteiger partial charge in [-0.3, -0.25) is 9.69 Å². The first-order valence-corrected chi connectivity index (χ1v) is 7.57. The highest BCUT2D eigenvalue weighted by Crippen LogP contribution is 2.13. The van der Waals surface area contributed by atoms with Crippen LogP contribution in [0, 0.1) is 0 Å². The van der Waals surface area contributed by atoms with E-state index in [9.17, 15) is 4.79 Å². The Hall–Kier alpha value is -0.650. The Kier molecular flexibility index (Phi) is 8.79. The molecule has 1 heterocycles. The van der Waals surface area contributed by atoms with Gasteiger partial charge >= 0.3 is 0 Å². The summed E-state index contributed by atoms with van der Waals surface area (Å²) >= 11 is 0. The van der Waals surface area contributed by atoms with Crippen LogP contribution in [-0.4, -0.2) is 56.2 Å². The minimum absolute atomic E-state index is 0.149. The Morgan fingerprint density at radius 3 is 2.74 bits per heavy atom. The van der Waals surface area contributed by atoms with Gasteiger partial charge in [0.25, 0.3) is 0 Å². The first-order valence-electron chi connectivity index (χ1n) is 7.57.